The number of carbonyl (C=O) groups is 1. The predicted octanol–water partition coefficient (Wildman–Crippen LogP) is 2.03. The van der Waals surface area contributed by atoms with E-state index in [0.29, 0.717) is 0 Å². The molecule has 0 heterocycles. The van der Waals surface area contributed by atoms with E-state index in [2.05, 4.69) is 0 Å². The van der Waals surface area contributed by atoms with E-state index in [-0.39, 0.29) is 22.7 Å². The average molecular weight is 216 g/mol. The lowest BCUT2D eigenvalue weighted by atomic mass is 10.1. The van der Waals surface area contributed by atoms with E-state index >= 15 is 0 Å². The Hall–Kier alpha value is -1.62. The van der Waals surface area contributed by atoms with Crippen LogP contribution in [0, 0.1) is 10.1 Å². The van der Waals surface area contributed by atoms with Gasteiger partial charge in [0.15, 0.2) is 0 Å². The molecule has 5 nitrogen and oxygen atoms in total. The molecule has 1 aromatic rings. The van der Waals surface area contributed by atoms with E-state index in [0.717, 1.165) is 12.1 Å². The number of aromatic carboxylic acids is 1. The monoisotopic (exact) mass is 215 g/mol. The van der Waals surface area contributed by atoms with Crippen LogP contribution in [-0.4, -0.2) is 16.0 Å². The Kier molecular flexibility index (Phi) is 3.03. The maximum Gasteiger partial charge on any atom is 0.336 e. The first kappa shape index (κ1) is 10.5. The lowest BCUT2D eigenvalue weighted by Crippen LogP contribution is -2.02. The number of rotatable bonds is 3. The zero-order valence-corrected chi connectivity index (χ0v) is 7.69. The van der Waals surface area contributed by atoms with Crippen LogP contribution in [0.25, 0.3) is 0 Å². The highest BCUT2D eigenvalue weighted by Gasteiger charge is 2.14. The van der Waals surface area contributed by atoms with Crippen LogP contribution >= 0.6 is 11.6 Å². The van der Waals surface area contributed by atoms with Gasteiger partial charge in [0.25, 0.3) is 5.69 Å². The average Bonchev–Trinajstić information content (AvgIpc) is 2.16. The number of alkyl halides is 1. The molecule has 0 spiro atoms. The quantitative estimate of drug-likeness (QED) is 0.475. The zero-order chi connectivity index (χ0) is 10.7. The number of benzene rings is 1. The third-order valence-corrected chi connectivity index (χ3v) is 1.96. The van der Waals surface area contributed by atoms with Gasteiger partial charge in [0.1, 0.15) is 0 Å². The third kappa shape index (κ3) is 2.00. The van der Waals surface area contributed by atoms with Crippen molar-refractivity contribution in [2.75, 3.05) is 0 Å². The van der Waals surface area contributed by atoms with Crippen LogP contribution in [0.1, 0.15) is 15.9 Å². The van der Waals surface area contributed by atoms with Gasteiger partial charge >= 0.3 is 5.97 Å². The number of carboxylic acid groups (broad SMARTS) is 1. The molecule has 1 aromatic carbocycles. The maximum atomic E-state index is 10.6. The van der Waals surface area contributed by atoms with Gasteiger partial charge in [0.05, 0.1) is 10.5 Å². The van der Waals surface area contributed by atoms with Crippen molar-refractivity contribution in [2.24, 2.45) is 0 Å². The van der Waals surface area contributed by atoms with Crippen molar-refractivity contribution < 1.29 is 14.8 Å². The highest BCUT2D eigenvalue weighted by molar-refractivity contribution is 6.17. The van der Waals surface area contributed by atoms with Crippen LogP contribution in [0.2, 0.25) is 0 Å². The number of nitro groups is 1. The van der Waals surface area contributed by atoms with Crippen molar-refractivity contribution in [1.82, 2.24) is 0 Å². The van der Waals surface area contributed by atoms with Crippen molar-refractivity contribution >= 4 is 23.3 Å². The summed E-state index contributed by atoms with van der Waals surface area (Å²) in [5.74, 6) is -1.21. The molecule has 0 amide bonds. The Labute approximate surface area is 84.1 Å². The number of nitro benzene ring substituents is 1. The molecule has 0 unspecified atom stereocenters. The summed E-state index contributed by atoms with van der Waals surface area (Å²) < 4.78 is 0. The van der Waals surface area contributed by atoms with Gasteiger partial charge < -0.3 is 5.11 Å². The van der Waals surface area contributed by atoms with Gasteiger partial charge in [-0.15, -0.1) is 11.6 Å². The molecule has 1 N–H and O–H groups in total. The molecular weight excluding hydrogens is 210 g/mol. The van der Waals surface area contributed by atoms with Gasteiger partial charge in [0.2, 0.25) is 0 Å². The summed E-state index contributed by atoms with van der Waals surface area (Å²) >= 11 is 5.47. The van der Waals surface area contributed by atoms with Gasteiger partial charge in [-0.05, 0) is 11.6 Å². The summed E-state index contributed by atoms with van der Waals surface area (Å²) in [6.07, 6.45) is 0. The normalized spacial score (nSPS) is 9.79. The fourth-order valence-corrected chi connectivity index (χ4v) is 1.23. The standard InChI is InChI=1S/C8H6ClNO4/c9-4-5-3-6(10(13)14)1-2-7(5)8(11)12/h1-3H,4H2,(H,11,12). The van der Waals surface area contributed by atoms with E-state index in [1.54, 1.807) is 0 Å². The minimum atomic E-state index is -1.14. The molecule has 0 aliphatic heterocycles. The van der Waals surface area contributed by atoms with Crippen LogP contribution in [0.15, 0.2) is 18.2 Å². The Morgan fingerprint density at radius 3 is 2.64 bits per heavy atom. The van der Waals surface area contributed by atoms with E-state index in [1.165, 1.54) is 6.07 Å². The Bertz CT molecular complexity index is 391. The summed E-state index contributed by atoms with van der Waals surface area (Å²) in [7, 11) is 0. The minimum Gasteiger partial charge on any atom is -0.478 e. The Morgan fingerprint density at radius 1 is 1.57 bits per heavy atom. The largest absolute Gasteiger partial charge is 0.478 e. The van der Waals surface area contributed by atoms with Crippen LogP contribution in [0.5, 0.6) is 0 Å². The van der Waals surface area contributed by atoms with E-state index in [9.17, 15) is 14.9 Å². The molecule has 0 bridgehead atoms. The summed E-state index contributed by atoms with van der Waals surface area (Å²) in [5.41, 5.74) is 0.0737. The van der Waals surface area contributed by atoms with E-state index in [4.69, 9.17) is 16.7 Å². The van der Waals surface area contributed by atoms with Crippen molar-refractivity contribution in [3.8, 4) is 0 Å². The number of non-ortho nitro benzene ring substituents is 1. The zero-order valence-electron chi connectivity index (χ0n) is 6.94. The fraction of sp³-hybridized carbons (Fsp3) is 0.125. The summed E-state index contributed by atoms with van der Waals surface area (Å²) in [5, 5.41) is 19.1. The predicted molar refractivity (Wildman–Crippen MR) is 49.6 cm³/mol. The van der Waals surface area contributed by atoms with E-state index < -0.39 is 10.9 Å². The minimum absolute atomic E-state index is 0.00870. The van der Waals surface area contributed by atoms with Gasteiger partial charge in [-0.3, -0.25) is 10.1 Å². The topological polar surface area (TPSA) is 80.4 Å². The fourth-order valence-electron chi connectivity index (χ4n) is 1.01. The van der Waals surface area contributed by atoms with E-state index in [1.807, 2.05) is 0 Å². The van der Waals surface area contributed by atoms with Gasteiger partial charge in [-0.25, -0.2) is 4.79 Å². The molecule has 14 heavy (non-hydrogen) atoms. The molecule has 1 rings (SSSR count). The maximum absolute atomic E-state index is 10.6. The van der Waals surface area contributed by atoms with Crippen molar-refractivity contribution in [3.05, 3.63) is 39.4 Å². The third-order valence-electron chi connectivity index (χ3n) is 1.67. The molecule has 0 aliphatic carbocycles. The SMILES string of the molecule is O=C(O)c1ccc([N+](=O)[O-])cc1CCl. The molecule has 0 aromatic heterocycles. The number of hydrogen-bond donors (Lipinski definition) is 1. The first-order valence-corrected chi connectivity index (χ1v) is 4.16. The second kappa shape index (κ2) is 4.06. The molecular formula is C8H6ClNO4. The molecule has 0 atom stereocenters. The first-order valence-electron chi connectivity index (χ1n) is 3.63. The second-order valence-electron chi connectivity index (χ2n) is 2.54. The van der Waals surface area contributed by atoms with Crippen molar-refractivity contribution in [3.63, 3.8) is 0 Å². The second-order valence-corrected chi connectivity index (χ2v) is 2.80. The smallest absolute Gasteiger partial charge is 0.336 e. The summed E-state index contributed by atoms with van der Waals surface area (Å²) in [6.45, 7) is 0. The lowest BCUT2D eigenvalue weighted by Gasteiger charge is -2.01. The van der Waals surface area contributed by atoms with Crippen molar-refractivity contribution in [2.45, 2.75) is 5.88 Å². The summed E-state index contributed by atoms with van der Waals surface area (Å²) in [6, 6.07) is 3.48. The number of halogens is 1. The lowest BCUT2D eigenvalue weighted by molar-refractivity contribution is -0.384. The van der Waals surface area contributed by atoms with Gasteiger partial charge in [0, 0.05) is 18.0 Å². The van der Waals surface area contributed by atoms with Crippen LogP contribution in [0.4, 0.5) is 5.69 Å². The number of hydrogen-bond acceptors (Lipinski definition) is 3. The van der Waals surface area contributed by atoms with Crippen LogP contribution < -0.4 is 0 Å². The molecule has 0 fully saturated rings. The molecule has 0 saturated heterocycles. The molecule has 0 radical (unpaired) electrons. The molecule has 74 valence electrons. The Balaban J connectivity index is 3.25. The Morgan fingerprint density at radius 2 is 2.21 bits per heavy atom. The molecule has 0 saturated carbocycles. The van der Waals surface area contributed by atoms with Gasteiger partial charge in [-0.1, -0.05) is 0 Å². The van der Waals surface area contributed by atoms with Crippen molar-refractivity contribution in [1.29, 1.82) is 0 Å². The molecule has 0 aliphatic rings. The first-order chi connectivity index (χ1) is 6.56. The molecule has 6 heteroatoms. The van der Waals surface area contributed by atoms with Gasteiger partial charge in [-0.2, -0.15) is 0 Å². The summed E-state index contributed by atoms with van der Waals surface area (Å²) in [4.78, 5) is 20.4. The van der Waals surface area contributed by atoms with Crippen LogP contribution in [-0.2, 0) is 5.88 Å². The number of nitrogens with zero attached hydrogens (tertiary/aromatic N) is 1. The highest BCUT2D eigenvalue weighted by Crippen LogP contribution is 2.19. The number of carboxylic acids is 1. The highest BCUT2D eigenvalue weighted by atomic mass is 35.5. The van der Waals surface area contributed by atoms with Crippen LogP contribution in [0.3, 0.4) is 0 Å².